The molecule has 1 aliphatic rings. The van der Waals surface area contributed by atoms with E-state index in [1.54, 1.807) is 17.1 Å². The summed E-state index contributed by atoms with van der Waals surface area (Å²) in [7, 11) is 0. The van der Waals surface area contributed by atoms with Gasteiger partial charge in [-0.1, -0.05) is 0 Å². The molecule has 1 aliphatic heterocycles. The first-order valence-corrected chi connectivity index (χ1v) is 7.79. The van der Waals surface area contributed by atoms with Gasteiger partial charge >= 0.3 is 0 Å². The average Bonchev–Trinajstić information content (AvgIpc) is 3.05. The average molecular weight is 317 g/mol. The van der Waals surface area contributed by atoms with E-state index >= 15 is 0 Å². The number of benzene rings is 1. The summed E-state index contributed by atoms with van der Waals surface area (Å²) in [6.07, 6.45) is 4.62. The van der Waals surface area contributed by atoms with Gasteiger partial charge in [0, 0.05) is 19.1 Å². The van der Waals surface area contributed by atoms with Gasteiger partial charge in [-0.25, -0.2) is 9.37 Å². The quantitative estimate of drug-likeness (QED) is 0.871. The van der Waals surface area contributed by atoms with E-state index in [1.807, 2.05) is 6.92 Å². The Kier molecular flexibility index (Phi) is 4.66. The Morgan fingerprint density at radius 2 is 2.35 bits per heavy atom. The molecule has 2 N–H and O–H groups in total. The number of hydrogen-bond acceptors (Lipinski definition) is 4. The first-order valence-electron chi connectivity index (χ1n) is 7.79. The molecule has 2 aromatic rings. The number of aryl methyl sites for hydroxylation is 1. The van der Waals surface area contributed by atoms with Crippen LogP contribution in [0.1, 0.15) is 34.8 Å². The highest BCUT2D eigenvalue weighted by molar-refractivity contribution is 5.95. The van der Waals surface area contributed by atoms with E-state index in [4.69, 9.17) is 0 Å². The van der Waals surface area contributed by atoms with Crippen molar-refractivity contribution in [2.45, 2.75) is 38.9 Å². The lowest BCUT2D eigenvalue weighted by Crippen LogP contribution is -2.34. The summed E-state index contributed by atoms with van der Waals surface area (Å²) in [4.78, 5) is 16.2. The lowest BCUT2D eigenvalue weighted by atomic mass is 9.97. The van der Waals surface area contributed by atoms with Gasteiger partial charge in [0.1, 0.15) is 18.5 Å². The Morgan fingerprint density at radius 1 is 1.48 bits per heavy atom. The Hall–Kier alpha value is -2.28. The van der Waals surface area contributed by atoms with E-state index in [9.17, 15) is 9.18 Å². The molecule has 3 rings (SSSR count). The monoisotopic (exact) mass is 317 g/mol. The molecule has 0 radical (unpaired) electrons. The smallest absolute Gasteiger partial charge is 0.254 e. The van der Waals surface area contributed by atoms with Gasteiger partial charge in [0.15, 0.2) is 0 Å². The summed E-state index contributed by atoms with van der Waals surface area (Å²) < 4.78 is 15.9. The zero-order valence-corrected chi connectivity index (χ0v) is 13.1. The molecule has 0 saturated heterocycles. The summed E-state index contributed by atoms with van der Waals surface area (Å²) >= 11 is 0. The Bertz CT molecular complexity index is 686. The second-order valence-corrected chi connectivity index (χ2v) is 5.85. The minimum atomic E-state index is -0.464. The molecule has 23 heavy (non-hydrogen) atoms. The molecule has 0 aliphatic carbocycles. The fourth-order valence-corrected chi connectivity index (χ4v) is 2.72. The molecule has 1 unspecified atom stereocenters. The van der Waals surface area contributed by atoms with Crippen molar-refractivity contribution in [2.24, 2.45) is 0 Å². The van der Waals surface area contributed by atoms with E-state index < -0.39 is 5.82 Å². The van der Waals surface area contributed by atoms with E-state index in [-0.39, 0.29) is 17.5 Å². The molecule has 2 heterocycles. The van der Waals surface area contributed by atoms with Crippen LogP contribution >= 0.6 is 0 Å². The minimum Gasteiger partial charge on any atom is -0.349 e. The van der Waals surface area contributed by atoms with Crippen LogP contribution in [0.2, 0.25) is 0 Å². The fourth-order valence-electron chi connectivity index (χ4n) is 2.72. The van der Waals surface area contributed by atoms with Crippen LogP contribution in [-0.4, -0.2) is 33.3 Å². The number of nitrogens with one attached hydrogen (secondary N) is 2. The van der Waals surface area contributed by atoms with Crippen molar-refractivity contribution in [3.63, 3.8) is 0 Å². The number of nitrogens with zero attached hydrogens (tertiary/aromatic N) is 3. The van der Waals surface area contributed by atoms with Gasteiger partial charge in [0.2, 0.25) is 0 Å². The third-order valence-corrected chi connectivity index (χ3v) is 4.06. The van der Waals surface area contributed by atoms with Crippen molar-refractivity contribution in [3.05, 3.63) is 47.3 Å². The van der Waals surface area contributed by atoms with Crippen LogP contribution in [0.4, 0.5) is 4.39 Å². The Balaban J connectivity index is 1.63. The molecule has 1 aromatic heterocycles. The SMILES string of the molecule is CC(CCn1cncn1)NC(=O)c1cc2c(cc1F)CNCC2. The van der Waals surface area contributed by atoms with E-state index in [0.29, 0.717) is 19.5 Å². The molecule has 1 amide bonds. The van der Waals surface area contributed by atoms with Crippen molar-refractivity contribution >= 4 is 5.91 Å². The van der Waals surface area contributed by atoms with Crippen LogP contribution in [-0.2, 0) is 19.5 Å². The van der Waals surface area contributed by atoms with Crippen molar-refractivity contribution in [3.8, 4) is 0 Å². The molecule has 0 spiro atoms. The first-order chi connectivity index (χ1) is 11.1. The van der Waals surface area contributed by atoms with Crippen LogP contribution in [0, 0.1) is 5.82 Å². The first kappa shape index (κ1) is 15.6. The molecule has 0 bridgehead atoms. The maximum atomic E-state index is 14.2. The Morgan fingerprint density at radius 3 is 3.13 bits per heavy atom. The summed E-state index contributed by atoms with van der Waals surface area (Å²) in [6, 6.07) is 3.07. The van der Waals surface area contributed by atoms with Gasteiger partial charge in [-0.3, -0.25) is 9.48 Å². The molecule has 122 valence electrons. The van der Waals surface area contributed by atoms with Gasteiger partial charge in [0.05, 0.1) is 5.56 Å². The number of hydrogen-bond donors (Lipinski definition) is 2. The summed E-state index contributed by atoms with van der Waals surface area (Å²) in [6.45, 7) is 4.06. The molecule has 1 aromatic carbocycles. The van der Waals surface area contributed by atoms with Crippen LogP contribution < -0.4 is 10.6 Å². The fraction of sp³-hybridized carbons (Fsp3) is 0.438. The molecular formula is C16H20FN5O. The number of rotatable bonds is 5. The van der Waals surface area contributed by atoms with Crippen molar-refractivity contribution < 1.29 is 9.18 Å². The maximum absolute atomic E-state index is 14.2. The third-order valence-electron chi connectivity index (χ3n) is 4.06. The van der Waals surface area contributed by atoms with Gasteiger partial charge < -0.3 is 10.6 Å². The van der Waals surface area contributed by atoms with E-state index in [0.717, 1.165) is 24.1 Å². The second kappa shape index (κ2) is 6.87. The van der Waals surface area contributed by atoms with Gasteiger partial charge in [-0.05, 0) is 49.6 Å². The molecule has 1 atom stereocenters. The molecular weight excluding hydrogens is 297 g/mol. The number of carbonyl (C=O) groups excluding carboxylic acids is 1. The molecule has 0 fully saturated rings. The topological polar surface area (TPSA) is 71.8 Å². The number of amides is 1. The van der Waals surface area contributed by atoms with Crippen LogP contribution in [0.3, 0.4) is 0 Å². The predicted molar refractivity (Wildman–Crippen MR) is 83.4 cm³/mol. The largest absolute Gasteiger partial charge is 0.349 e. The van der Waals surface area contributed by atoms with Crippen LogP contribution in [0.15, 0.2) is 24.8 Å². The minimum absolute atomic E-state index is 0.0798. The van der Waals surface area contributed by atoms with Crippen molar-refractivity contribution in [2.75, 3.05) is 6.54 Å². The van der Waals surface area contributed by atoms with Crippen molar-refractivity contribution in [1.29, 1.82) is 0 Å². The third kappa shape index (κ3) is 3.73. The zero-order chi connectivity index (χ0) is 16.2. The lowest BCUT2D eigenvalue weighted by Gasteiger charge is -2.19. The van der Waals surface area contributed by atoms with Crippen LogP contribution in [0.25, 0.3) is 0 Å². The normalized spacial score (nSPS) is 15.0. The van der Waals surface area contributed by atoms with Gasteiger partial charge in [-0.2, -0.15) is 5.10 Å². The standard InChI is InChI=1S/C16H20FN5O/c1-11(3-5-22-10-19-9-20-22)21-16(23)14-6-12-2-4-18-8-13(12)7-15(14)17/h6-7,9-11,18H,2-5,8H2,1H3,(H,21,23). The lowest BCUT2D eigenvalue weighted by molar-refractivity contribution is 0.0933. The summed E-state index contributed by atoms with van der Waals surface area (Å²) in [5, 5.41) is 10.1. The van der Waals surface area contributed by atoms with E-state index in [1.165, 1.54) is 12.4 Å². The number of aromatic nitrogens is 3. The molecule has 6 nitrogen and oxygen atoms in total. The summed E-state index contributed by atoms with van der Waals surface area (Å²) in [5.74, 6) is -0.830. The van der Waals surface area contributed by atoms with E-state index in [2.05, 4.69) is 20.7 Å². The number of halogens is 1. The highest BCUT2D eigenvalue weighted by Crippen LogP contribution is 2.19. The molecule has 0 saturated carbocycles. The van der Waals surface area contributed by atoms with Crippen LogP contribution in [0.5, 0.6) is 0 Å². The second-order valence-electron chi connectivity index (χ2n) is 5.85. The molecule has 7 heteroatoms. The zero-order valence-electron chi connectivity index (χ0n) is 13.1. The summed E-state index contributed by atoms with van der Waals surface area (Å²) in [5.41, 5.74) is 2.10. The van der Waals surface area contributed by atoms with Gasteiger partial charge in [0.25, 0.3) is 5.91 Å². The number of carbonyl (C=O) groups is 1. The Labute approximate surface area is 134 Å². The maximum Gasteiger partial charge on any atom is 0.254 e. The highest BCUT2D eigenvalue weighted by atomic mass is 19.1. The number of fused-ring (bicyclic) bond motifs is 1. The van der Waals surface area contributed by atoms with Gasteiger partial charge in [-0.15, -0.1) is 0 Å². The van der Waals surface area contributed by atoms with Crippen molar-refractivity contribution in [1.82, 2.24) is 25.4 Å². The highest BCUT2D eigenvalue weighted by Gasteiger charge is 2.18. The predicted octanol–water partition coefficient (Wildman–Crippen LogP) is 1.27.